The first-order chi connectivity index (χ1) is 13.4. The molecule has 146 valence electrons. The number of halogens is 1. The van der Waals surface area contributed by atoms with Crippen LogP contribution in [0.4, 0.5) is 0 Å². The molecular formula is C25H27ClO2. The first-order valence-corrected chi connectivity index (χ1v) is 9.81. The van der Waals surface area contributed by atoms with Crippen molar-refractivity contribution in [2.75, 3.05) is 6.61 Å². The average molecular weight is 395 g/mol. The zero-order valence-electron chi connectivity index (χ0n) is 16.7. The Kier molecular flexibility index (Phi) is 8.77. The molecule has 0 amide bonds. The predicted octanol–water partition coefficient (Wildman–Crippen LogP) is 7.31. The third-order valence-corrected chi connectivity index (χ3v) is 4.46. The van der Waals surface area contributed by atoms with Crippen LogP contribution in [0.5, 0.6) is 5.75 Å². The first-order valence-electron chi connectivity index (χ1n) is 9.44. The molecule has 2 aromatic rings. The molecule has 0 atom stereocenters. The van der Waals surface area contributed by atoms with Crippen molar-refractivity contribution in [2.45, 2.75) is 33.6 Å². The van der Waals surface area contributed by atoms with Gasteiger partial charge in [0.1, 0.15) is 12.4 Å². The van der Waals surface area contributed by atoms with E-state index >= 15 is 0 Å². The van der Waals surface area contributed by atoms with Crippen LogP contribution in [0.25, 0.3) is 6.08 Å². The van der Waals surface area contributed by atoms with E-state index in [1.54, 1.807) is 36.4 Å². The third kappa shape index (κ3) is 7.98. The highest BCUT2D eigenvalue weighted by Crippen LogP contribution is 2.15. The van der Waals surface area contributed by atoms with Gasteiger partial charge in [0.2, 0.25) is 0 Å². The molecule has 0 aromatic heterocycles. The molecule has 0 saturated heterocycles. The minimum absolute atomic E-state index is 0.0449. The standard InChI is InChI=1S/C25H27ClO2/c1-19(2)5-4-6-20(3)17-18-28-24-14-10-22(11-15-24)25(27)16-9-21-7-12-23(26)13-8-21/h5,7-17H,4,6,18H2,1-3H3/b16-9+,20-17+. The Morgan fingerprint density at radius 1 is 0.964 bits per heavy atom. The zero-order valence-corrected chi connectivity index (χ0v) is 17.5. The quantitative estimate of drug-likeness (QED) is 0.253. The summed E-state index contributed by atoms with van der Waals surface area (Å²) in [6.07, 6.45) is 9.80. The second kappa shape index (κ2) is 11.3. The van der Waals surface area contributed by atoms with Crippen molar-refractivity contribution >= 4 is 23.5 Å². The fourth-order valence-electron chi connectivity index (χ4n) is 2.53. The largest absolute Gasteiger partial charge is 0.490 e. The van der Waals surface area contributed by atoms with Crippen LogP contribution in [0, 0.1) is 0 Å². The highest BCUT2D eigenvalue weighted by molar-refractivity contribution is 6.30. The summed E-state index contributed by atoms with van der Waals surface area (Å²) in [5.74, 6) is 0.711. The number of hydrogen-bond donors (Lipinski definition) is 0. The van der Waals surface area contributed by atoms with Gasteiger partial charge in [-0.05, 0) is 87.7 Å². The summed E-state index contributed by atoms with van der Waals surface area (Å²) >= 11 is 5.86. The van der Waals surface area contributed by atoms with Crippen LogP contribution >= 0.6 is 11.6 Å². The molecule has 0 N–H and O–H groups in total. The number of benzene rings is 2. The fourth-order valence-corrected chi connectivity index (χ4v) is 2.65. The number of allylic oxidation sites excluding steroid dienone is 4. The van der Waals surface area contributed by atoms with Crippen LogP contribution in [0.1, 0.15) is 49.5 Å². The van der Waals surface area contributed by atoms with Gasteiger partial charge in [0.25, 0.3) is 0 Å². The summed E-state index contributed by atoms with van der Waals surface area (Å²) in [4.78, 5) is 12.3. The van der Waals surface area contributed by atoms with Crippen molar-refractivity contribution < 1.29 is 9.53 Å². The van der Waals surface area contributed by atoms with Crippen molar-refractivity contribution in [3.05, 3.63) is 94.1 Å². The average Bonchev–Trinajstić information content (AvgIpc) is 2.67. The number of rotatable bonds is 9. The van der Waals surface area contributed by atoms with Gasteiger partial charge in [0.15, 0.2) is 5.78 Å². The van der Waals surface area contributed by atoms with Gasteiger partial charge in [-0.1, -0.05) is 47.0 Å². The molecule has 0 aliphatic heterocycles. The van der Waals surface area contributed by atoms with Crippen LogP contribution in [0.2, 0.25) is 5.02 Å². The van der Waals surface area contributed by atoms with Gasteiger partial charge in [0.05, 0.1) is 0 Å². The van der Waals surface area contributed by atoms with Gasteiger partial charge >= 0.3 is 0 Å². The van der Waals surface area contributed by atoms with Crippen molar-refractivity contribution in [3.63, 3.8) is 0 Å². The van der Waals surface area contributed by atoms with Gasteiger partial charge in [0, 0.05) is 10.6 Å². The zero-order chi connectivity index (χ0) is 20.4. The van der Waals surface area contributed by atoms with Gasteiger partial charge in [-0.3, -0.25) is 4.79 Å². The molecule has 2 aromatic carbocycles. The molecule has 0 aliphatic rings. The normalized spacial score (nSPS) is 11.5. The maximum atomic E-state index is 12.3. The second-order valence-corrected chi connectivity index (χ2v) is 7.39. The molecule has 0 spiro atoms. The van der Waals surface area contributed by atoms with Gasteiger partial charge in [-0.25, -0.2) is 0 Å². The molecular weight excluding hydrogens is 368 g/mol. The summed E-state index contributed by atoms with van der Waals surface area (Å²) in [7, 11) is 0. The maximum Gasteiger partial charge on any atom is 0.185 e. The van der Waals surface area contributed by atoms with Gasteiger partial charge < -0.3 is 4.74 Å². The minimum Gasteiger partial charge on any atom is -0.490 e. The summed E-state index contributed by atoms with van der Waals surface area (Å²) in [5.41, 5.74) is 4.23. The number of ether oxygens (including phenoxy) is 1. The lowest BCUT2D eigenvalue weighted by Gasteiger charge is -2.05. The molecule has 2 nitrogen and oxygen atoms in total. The SMILES string of the molecule is CC(C)=CCC/C(C)=C/COc1ccc(C(=O)/C=C/c2ccc(Cl)cc2)cc1. The van der Waals surface area contributed by atoms with E-state index in [4.69, 9.17) is 16.3 Å². The van der Waals surface area contributed by atoms with Gasteiger partial charge in [-0.15, -0.1) is 0 Å². The van der Waals surface area contributed by atoms with Crippen molar-refractivity contribution in [3.8, 4) is 5.75 Å². The fraction of sp³-hybridized carbons (Fsp3) is 0.240. The van der Waals surface area contributed by atoms with E-state index in [0.29, 0.717) is 17.2 Å². The van der Waals surface area contributed by atoms with E-state index in [2.05, 4.69) is 32.9 Å². The van der Waals surface area contributed by atoms with Gasteiger partial charge in [-0.2, -0.15) is 0 Å². The molecule has 3 heteroatoms. The Bertz CT molecular complexity index is 852. The second-order valence-electron chi connectivity index (χ2n) is 6.96. The first kappa shape index (κ1) is 21.7. The minimum atomic E-state index is -0.0449. The van der Waals surface area contributed by atoms with Crippen LogP contribution in [0.15, 0.2) is 77.9 Å². The van der Waals surface area contributed by atoms with E-state index in [0.717, 1.165) is 24.2 Å². The Morgan fingerprint density at radius 3 is 2.29 bits per heavy atom. The summed E-state index contributed by atoms with van der Waals surface area (Å²) in [6.45, 7) is 6.88. The molecule has 0 bridgehead atoms. The number of carbonyl (C=O) groups is 1. The lowest BCUT2D eigenvalue weighted by Crippen LogP contribution is -1.97. The Labute approximate surface area is 173 Å². The molecule has 0 heterocycles. The predicted molar refractivity (Wildman–Crippen MR) is 119 cm³/mol. The third-order valence-electron chi connectivity index (χ3n) is 4.21. The van der Waals surface area contributed by atoms with E-state index in [1.807, 2.05) is 24.3 Å². The smallest absolute Gasteiger partial charge is 0.185 e. The van der Waals surface area contributed by atoms with Crippen molar-refractivity contribution in [1.82, 2.24) is 0 Å². The Morgan fingerprint density at radius 2 is 1.64 bits per heavy atom. The molecule has 2 rings (SSSR count). The van der Waals surface area contributed by atoms with E-state index in [9.17, 15) is 4.79 Å². The summed E-state index contributed by atoms with van der Waals surface area (Å²) < 4.78 is 5.75. The number of ketones is 1. The molecule has 0 radical (unpaired) electrons. The van der Waals surface area contributed by atoms with Crippen LogP contribution in [-0.2, 0) is 0 Å². The lowest BCUT2D eigenvalue weighted by molar-refractivity contribution is 0.104. The summed E-state index contributed by atoms with van der Waals surface area (Å²) in [5, 5.41) is 0.678. The molecule has 0 fully saturated rings. The highest BCUT2D eigenvalue weighted by Gasteiger charge is 2.02. The topological polar surface area (TPSA) is 26.3 Å². The van der Waals surface area contributed by atoms with E-state index in [-0.39, 0.29) is 5.78 Å². The maximum absolute atomic E-state index is 12.3. The molecule has 0 saturated carbocycles. The van der Waals surface area contributed by atoms with E-state index in [1.165, 1.54) is 11.1 Å². The number of carbonyl (C=O) groups excluding carboxylic acids is 1. The van der Waals surface area contributed by atoms with Crippen LogP contribution < -0.4 is 4.74 Å². The monoisotopic (exact) mass is 394 g/mol. The van der Waals surface area contributed by atoms with Crippen molar-refractivity contribution in [2.24, 2.45) is 0 Å². The Balaban J connectivity index is 1.84. The Hall–Kier alpha value is -2.58. The van der Waals surface area contributed by atoms with Crippen LogP contribution in [-0.4, -0.2) is 12.4 Å². The number of hydrogen-bond acceptors (Lipinski definition) is 2. The molecule has 0 aliphatic carbocycles. The summed E-state index contributed by atoms with van der Waals surface area (Å²) in [6, 6.07) is 14.6. The van der Waals surface area contributed by atoms with Crippen LogP contribution in [0.3, 0.4) is 0 Å². The van der Waals surface area contributed by atoms with E-state index < -0.39 is 0 Å². The molecule has 0 unspecified atom stereocenters. The lowest BCUT2D eigenvalue weighted by atomic mass is 10.1. The highest BCUT2D eigenvalue weighted by atomic mass is 35.5. The molecule has 28 heavy (non-hydrogen) atoms. The van der Waals surface area contributed by atoms with Crippen molar-refractivity contribution in [1.29, 1.82) is 0 Å².